The molecule has 2 heteroatoms. The van der Waals surface area contributed by atoms with Gasteiger partial charge in [-0.1, -0.05) is 12.1 Å². The second-order valence-electron chi connectivity index (χ2n) is 3.57. The van der Waals surface area contributed by atoms with Crippen molar-refractivity contribution in [2.75, 3.05) is 0 Å². The molecule has 1 saturated carbocycles. The maximum Gasteiger partial charge on any atom is 0.168 e. The molecular formula is C11H11FO. The van der Waals surface area contributed by atoms with Crippen LogP contribution < -0.4 is 0 Å². The first kappa shape index (κ1) is 8.42. The van der Waals surface area contributed by atoms with Crippen LogP contribution in [0.4, 0.5) is 4.39 Å². The molecule has 0 saturated heterocycles. The van der Waals surface area contributed by atoms with Gasteiger partial charge in [0.2, 0.25) is 0 Å². The van der Waals surface area contributed by atoms with Gasteiger partial charge in [0.15, 0.2) is 5.78 Å². The van der Waals surface area contributed by atoms with Gasteiger partial charge in [0, 0.05) is 5.92 Å². The lowest BCUT2D eigenvalue weighted by Crippen LogP contribution is -2.05. The SMILES string of the molecule is Cc1cccc(C(=O)C2CC2)c1F. The van der Waals surface area contributed by atoms with Crippen LogP contribution in [0, 0.1) is 18.7 Å². The van der Waals surface area contributed by atoms with Gasteiger partial charge >= 0.3 is 0 Å². The van der Waals surface area contributed by atoms with E-state index in [4.69, 9.17) is 0 Å². The average molecular weight is 178 g/mol. The third-order valence-electron chi connectivity index (χ3n) is 2.41. The smallest absolute Gasteiger partial charge is 0.168 e. The number of hydrogen-bond donors (Lipinski definition) is 0. The Kier molecular flexibility index (Phi) is 1.91. The monoisotopic (exact) mass is 178 g/mol. The molecule has 0 unspecified atom stereocenters. The van der Waals surface area contributed by atoms with Gasteiger partial charge in [-0.05, 0) is 31.4 Å². The number of carbonyl (C=O) groups excluding carboxylic acids is 1. The molecular weight excluding hydrogens is 167 g/mol. The summed E-state index contributed by atoms with van der Waals surface area (Å²) in [4.78, 5) is 11.5. The van der Waals surface area contributed by atoms with E-state index in [1.165, 1.54) is 0 Å². The first-order chi connectivity index (χ1) is 6.20. The summed E-state index contributed by atoms with van der Waals surface area (Å²) < 4.78 is 13.4. The molecule has 2 rings (SSSR count). The lowest BCUT2D eigenvalue weighted by Gasteiger charge is -2.02. The highest BCUT2D eigenvalue weighted by atomic mass is 19.1. The summed E-state index contributed by atoms with van der Waals surface area (Å²) in [5.74, 6) is -0.281. The molecule has 0 amide bonds. The Balaban J connectivity index is 2.38. The van der Waals surface area contributed by atoms with Crippen LogP contribution in [0.1, 0.15) is 28.8 Å². The van der Waals surface area contributed by atoms with Gasteiger partial charge in [-0.3, -0.25) is 4.79 Å². The minimum Gasteiger partial charge on any atom is -0.294 e. The van der Waals surface area contributed by atoms with Gasteiger partial charge in [0.1, 0.15) is 5.82 Å². The van der Waals surface area contributed by atoms with Crippen molar-refractivity contribution in [3.63, 3.8) is 0 Å². The minimum atomic E-state index is -0.348. The minimum absolute atomic E-state index is 0.0267. The number of hydrogen-bond acceptors (Lipinski definition) is 1. The molecule has 1 aliphatic carbocycles. The van der Waals surface area contributed by atoms with Crippen molar-refractivity contribution in [2.24, 2.45) is 5.92 Å². The Morgan fingerprint density at radius 2 is 2.15 bits per heavy atom. The van der Waals surface area contributed by atoms with Crippen LogP contribution in [-0.2, 0) is 0 Å². The molecule has 1 aromatic rings. The number of Topliss-reactive ketones (excluding diaryl/α,β-unsaturated/α-hetero) is 1. The van der Waals surface area contributed by atoms with Crippen LogP contribution in [0.25, 0.3) is 0 Å². The third-order valence-corrected chi connectivity index (χ3v) is 2.41. The zero-order chi connectivity index (χ0) is 9.42. The van der Waals surface area contributed by atoms with Crippen molar-refractivity contribution in [2.45, 2.75) is 19.8 Å². The Hall–Kier alpha value is -1.18. The first-order valence-electron chi connectivity index (χ1n) is 4.49. The molecule has 0 spiro atoms. The molecule has 13 heavy (non-hydrogen) atoms. The Morgan fingerprint density at radius 3 is 2.77 bits per heavy atom. The third kappa shape index (κ3) is 1.48. The normalized spacial score (nSPS) is 15.8. The fourth-order valence-corrected chi connectivity index (χ4v) is 1.40. The van der Waals surface area contributed by atoms with Gasteiger partial charge in [0.25, 0.3) is 0 Å². The second kappa shape index (κ2) is 2.95. The molecule has 0 bridgehead atoms. The number of rotatable bonds is 2. The number of aryl methyl sites for hydroxylation is 1. The van der Waals surface area contributed by atoms with Crippen molar-refractivity contribution in [1.29, 1.82) is 0 Å². The number of carbonyl (C=O) groups is 1. The first-order valence-corrected chi connectivity index (χ1v) is 4.49. The summed E-state index contributed by atoms with van der Waals surface area (Å²) in [6, 6.07) is 4.98. The van der Waals surface area contributed by atoms with Gasteiger partial charge in [-0.2, -0.15) is 0 Å². The van der Waals surface area contributed by atoms with E-state index >= 15 is 0 Å². The molecule has 1 aliphatic rings. The molecule has 0 radical (unpaired) electrons. The lowest BCUT2D eigenvalue weighted by molar-refractivity contribution is 0.0963. The van der Waals surface area contributed by atoms with Gasteiger partial charge in [0.05, 0.1) is 5.56 Å². The Labute approximate surface area is 76.6 Å². The van der Waals surface area contributed by atoms with Crippen molar-refractivity contribution in [1.82, 2.24) is 0 Å². The van der Waals surface area contributed by atoms with Crippen LogP contribution in [0.2, 0.25) is 0 Å². The summed E-state index contributed by atoms with van der Waals surface area (Å²) in [7, 11) is 0. The van der Waals surface area contributed by atoms with E-state index in [1.807, 2.05) is 0 Å². The van der Waals surface area contributed by atoms with E-state index in [1.54, 1.807) is 25.1 Å². The predicted molar refractivity (Wildman–Crippen MR) is 48.2 cm³/mol. The highest BCUT2D eigenvalue weighted by Gasteiger charge is 2.31. The summed E-state index contributed by atoms with van der Waals surface area (Å²) in [5.41, 5.74) is 0.814. The molecule has 0 heterocycles. The quantitative estimate of drug-likeness (QED) is 0.636. The van der Waals surface area contributed by atoms with E-state index in [0.717, 1.165) is 12.8 Å². The van der Waals surface area contributed by atoms with Crippen LogP contribution >= 0.6 is 0 Å². The van der Waals surface area contributed by atoms with Gasteiger partial charge in [-0.15, -0.1) is 0 Å². The largest absolute Gasteiger partial charge is 0.294 e. The summed E-state index contributed by atoms with van der Waals surface area (Å²) in [6.45, 7) is 1.68. The number of benzene rings is 1. The lowest BCUT2D eigenvalue weighted by atomic mass is 10.0. The summed E-state index contributed by atoms with van der Waals surface area (Å²) in [6.07, 6.45) is 1.85. The molecule has 0 atom stereocenters. The zero-order valence-corrected chi connectivity index (χ0v) is 7.51. The van der Waals surface area contributed by atoms with Crippen LogP contribution in [0.3, 0.4) is 0 Å². The molecule has 1 nitrogen and oxygen atoms in total. The molecule has 68 valence electrons. The second-order valence-corrected chi connectivity index (χ2v) is 3.57. The fourth-order valence-electron chi connectivity index (χ4n) is 1.40. The van der Waals surface area contributed by atoms with Crippen molar-refractivity contribution >= 4 is 5.78 Å². The van der Waals surface area contributed by atoms with E-state index < -0.39 is 0 Å². The topological polar surface area (TPSA) is 17.1 Å². The maximum absolute atomic E-state index is 13.4. The van der Waals surface area contributed by atoms with Crippen molar-refractivity contribution in [3.05, 3.63) is 35.1 Å². The van der Waals surface area contributed by atoms with Crippen LogP contribution in [-0.4, -0.2) is 5.78 Å². The molecule has 0 aliphatic heterocycles. The number of halogens is 1. The van der Waals surface area contributed by atoms with Crippen LogP contribution in [0.15, 0.2) is 18.2 Å². The number of ketones is 1. The highest BCUT2D eigenvalue weighted by Crippen LogP contribution is 2.33. The van der Waals surface area contributed by atoms with E-state index in [0.29, 0.717) is 5.56 Å². The van der Waals surface area contributed by atoms with Crippen molar-refractivity contribution in [3.8, 4) is 0 Å². The van der Waals surface area contributed by atoms with Crippen molar-refractivity contribution < 1.29 is 9.18 Å². The predicted octanol–water partition coefficient (Wildman–Crippen LogP) is 2.73. The zero-order valence-electron chi connectivity index (χ0n) is 7.51. The fraction of sp³-hybridized carbons (Fsp3) is 0.364. The highest BCUT2D eigenvalue weighted by molar-refractivity contribution is 5.99. The summed E-state index contributed by atoms with van der Waals surface area (Å²) >= 11 is 0. The maximum atomic E-state index is 13.4. The van der Waals surface area contributed by atoms with Crippen LogP contribution in [0.5, 0.6) is 0 Å². The van der Waals surface area contributed by atoms with Gasteiger partial charge in [-0.25, -0.2) is 4.39 Å². The Morgan fingerprint density at radius 1 is 1.46 bits per heavy atom. The molecule has 0 aromatic heterocycles. The van der Waals surface area contributed by atoms with E-state index in [2.05, 4.69) is 0 Å². The van der Waals surface area contributed by atoms with Gasteiger partial charge < -0.3 is 0 Å². The van der Waals surface area contributed by atoms with E-state index in [9.17, 15) is 9.18 Å². The standard InChI is InChI=1S/C11H11FO/c1-7-3-2-4-9(10(7)12)11(13)8-5-6-8/h2-4,8H,5-6H2,1H3. The summed E-state index contributed by atoms with van der Waals surface area (Å²) in [5, 5.41) is 0. The molecule has 0 N–H and O–H groups in total. The average Bonchev–Trinajstić information content (AvgIpc) is 2.91. The molecule has 1 aromatic carbocycles. The molecule has 1 fully saturated rings. The Bertz CT molecular complexity index is 353. The van der Waals surface area contributed by atoms with E-state index in [-0.39, 0.29) is 23.1 Å².